The number of nitrogens with zero attached hydrogens (tertiary/aromatic N) is 1. The van der Waals surface area contributed by atoms with Crippen molar-refractivity contribution in [3.63, 3.8) is 0 Å². The molecule has 4 heteroatoms. The Morgan fingerprint density at radius 2 is 2.25 bits per heavy atom. The molecule has 2 heterocycles. The SMILES string of the molecule is CC1CC(N)CN(C(C)c2ccc(Cl)s2)C1. The minimum atomic E-state index is 0.321. The van der Waals surface area contributed by atoms with Crippen molar-refractivity contribution in [2.45, 2.75) is 32.4 Å². The number of thiophene rings is 1. The number of rotatable bonds is 2. The molecule has 0 saturated carbocycles. The van der Waals surface area contributed by atoms with Crippen LogP contribution in [-0.4, -0.2) is 24.0 Å². The Hall–Kier alpha value is -0.0900. The summed E-state index contributed by atoms with van der Waals surface area (Å²) in [5.41, 5.74) is 6.07. The van der Waals surface area contributed by atoms with Crippen LogP contribution in [0.5, 0.6) is 0 Å². The fourth-order valence-corrected chi connectivity index (χ4v) is 3.64. The molecule has 3 unspecified atom stereocenters. The highest BCUT2D eigenvalue weighted by molar-refractivity contribution is 7.16. The molecule has 0 bridgehead atoms. The third-order valence-electron chi connectivity index (χ3n) is 3.27. The minimum Gasteiger partial charge on any atom is -0.327 e. The summed E-state index contributed by atoms with van der Waals surface area (Å²) in [4.78, 5) is 3.81. The fraction of sp³-hybridized carbons (Fsp3) is 0.667. The van der Waals surface area contributed by atoms with E-state index in [1.165, 1.54) is 4.88 Å². The molecule has 1 saturated heterocycles. The number of halogens is 1. The van der Waals surface area contributed by atoms with Gasteiger partial charge in [0.05, 0.1) is 4.34 Å². The largest absolute Gasteiger partial charge is 0.327 e. The van der Waals surface area contributed by atoms with Crippen LogP contribution in [0.25, 0.3) is 0 Å². The molecule has 0 spiro atoms. The zero-order valence-corrected chi connectivity index (χ0v) is 11.4. The third kappa shape index (κ3) is 2.77. The van der Waals surface area contributed by atoms with Gasteiger partial charge in [-0.25, -0.2) is 0 Å². The Morgan fingerprint density at radius 3 is 2.81 bits per heavy atom. The van der Waals surface area contributed by atoms with Crippen molar-refractivity contribution in [1.29, 1.82) is 0 Å². The van der Waals surface area contributed by atoms with Crippen molar-refractivity contribution in [3.8, 4) is 0 Å². The van der Waals surface area contributed by atoms with Crippen molar-refractivity contribution in [2.75, 3.05) is 13.1 Å². The van der Waals surface area contributed by atoms with Crippen LogP contribution < -0.4 is 5.73 Å². The average molecular weight is 259 g/mol. The second-order valence-corrected chi connectivity index (χ2v) is 6.62. The highest BCUT2D eigenvalue weighted by Gasteiger charge is 2.26. The van der Waals surface area contributed by atoms with Crippen molar-refractivity contribution in [3.05, 3.63) is 21.3 Å². The molecule has 1 aromatic heterocycles. The molecule has 1 aliphatic rings. The van der Waals surface area contributed by atoms with Gasteiger partial charge in [-0.3, -0.25) is 4.90 Å². The van der Waals surface area contributed by atoms with Crippen LogP contribution >= 0.6 is 22.9 Å². The molecule has 2 N–H and O–H groups in total. The highest BCUT2D eigenvalue weighted by atomic mass is 35.5. The van der Waals surface area contributed by atoms with E-state index in [-0.39, 0.29) is 0 Å². The first-order chi connectivity index (χ1) is 7.56. The van der Waals surface area contributed by atoms with E-state index in [4.69, 9.17) is 17.3 Å². The topological polar surface area (TPSA) is 29.3 Å². The van der Waals surface area contributed by atoms with Crippen LogP contribution in [0.4, 0.5) is 0 Å². The summed E-state index contributed by atoms with van der Waals surface area (Å²) in [6, 6.07) is 4.86. The van der Waals surface area contributed by atoms with Crippen LogP contribution in [0.1, 0.15) is 31.2 Å². The molecule has 3 atom stereocenters. The summed E-state index contributed by atoms with van der Waals surface area (Å²) in [5, 5.41) is 0. The van der Waals surface area contributed by atoms with Crippen LogP contribution in [0.3, 0.4) is 0 Å². The van der Waals surface area contributed by atoms with E-state index >= 15 is 0 Å². The van der Waals surface area contributed by atoms with Gasteiger partial charge >= 0.3 is 0 Å². The van der Waals surface area contributed by atoms with Gasteiger partial charge in [-0.05, 0) is 31.4 Å². The molecule has 90 valence electrons. The summed E-state index contributed by atoms with van der Waals surface area (Å²) in [7, 11) is 0. The smallest absolute Gasteiger partial charge is 0.0931 e. The maximum absolute atomic E-state index is 6.07. The Morgan fingerprint density at radius 1 is 1.50 bits per heavy atom. The van der Waals surface area contributed by atoms with Gasteiger partial charge in [0.25, 0.3) is 0 Å². The van der Waals surface area contributed by atoms with E-state index in [0.29, 0.717) is 18.0 Å². The van der Waals surface area contributed by atoms with Gasteiger partial charge in [-0.1, -0.05) is 18.5 Å². The fourth-order valence-electron chi connectivity index (χ4n) is 2.49. The molecular formula is C12H19ClN2S. The first-order valence-electron chi connectivity index (χ1n) is 5.81. The van der Waals surface area contributed by atoms with Crippen LogP contribution in [0.2, 0.25) is 4.34 Å². The van der Waals surface area contributed by atoms with Gasteiger partial charge in [0.2, 0.25) is 0 Å². The van der Waals surface area contributed by atoms with Crippen LogP contribution in [-0.2, 0) is 0 Å². The molecule has 0 amide bonds. The molecule has 1 fully saturated rings. The van der Waals surface area contributed by atoms with Gasteiger partial charge in [0, 0.05) is 30.1 Å². The monoisotopic (exact) mass is 258 g/mol. The molecule has 16 heavy (non-hydrogen) atoms. The van der Waals surface area contributed by atoms with E-state index in [9.17, 15) is 0 Å². The summed E-state index contributed by atoms with van der Waals surface area (Å²) in [6.45, 7) is 6.67. The van der Waals surface area contributed by atoms with Crippen LogP contribution in [0, 0.1) is 5.92 Å². The molecule has 2 rings (SSSR count). The zero-order valence-electron chi connectivity index (χ0n) is 9.82. The summed E-state index contributed by atoms with van der Waals surface area (Å²) in [6.07, 6.45) is 1.15. The van der Waals surface area contributed by atoms with E-state index in [1.807, 2.05) is 6.07 Å². The lowest BCUT2D eigenvalue weighted by Crippen LogP contribution is -2.46. The van der Waals surface area contributed by atoms with Crippen molar-refractivity contribution < 1.29 is 0 Å². The van der Waals surface area contributed by atoms with Gasteiger partial charge in [-0.15, -0.1) is 11.3 Å². The van der Waals surface area contributed by atoms with Crippen LogP contribution in [0.15, 0.2) is 12.1 Å². The molecule has 0 aliphatic carbocycles. The second-order valence-electron chi connectivity index (χ2n) is 4.87. The third-order valence-corrected chi connectivity index (χ3v) is 4.68. The average Bonchev–Trinajstić information content (AvgIpc) is 2.62. The number of piperidine rings is 1. The van der Waals surface area contributed by atoms with E-state index in [2.05, 4.69) is 24.8 Å². The lowest BCUT2D eigenvalue weighted by atomic mass is 9.95. The quantitative estimate of drug-likeness (QED) is 0.883. The lowest BCUT2D eigenvalue weighted by molar-refractivity contribution is 0.125. The molecule has 2 nitrogen and oxygen atoms in total. The Labute approximate surface area is 106 Å². The Balaban J connectivity index is 2.06. The molecule has 1 aliphatic heterocycles. The van der Waals surface area contributed by atoms with Crippen molar-refractivity contribution in [1.82, 2.24) is 4.90 Å². The Bertz CT molecular complexity index is 343. The summed E-state index contributed by atoms with van der Waals surface area (Å²) >= 11 is 7.65. The maximum atomic E-state index is 6.07. The summed E-state index contributed by atoms with van der Waals surface area (Å²) in [5.74, 6) is 0.696. The van der Waals surface area contributed by atoms with Crippen molar-refractivity contribution >= 4 is 22.9 Å². The van der Waals surface area contributed by atoms with Gasteiger partial charge in [0.15, 0.2) is 0 Å². The van der Waals surface area contributed by atoms with Gasteiger partial charge in [0.1, 0.15) is 0 Å². The van der Waals surface area contributed by atoms with Gasteiger partial charge in [-0.2, -0.15) is 0 Å². The Kier molecular flexibility index (Phi) is 3.90. The van der Waals surface area contributed by atoms with E-state index in [1.54, 1.807) is 11.3 Å². The number of hydrogen-bond acceptors (Lipinski definition) is 3. The first kappa shape index (κ1) is 12.4. The molecule has 0 radical (unpaired) electrons. The number of hydrogen-bond donors (Lipinski definition) is 1. The molecule has 1 aromatic rings. The normalized spacial score (nSPS) is 29.2. The lowest BCUT2D eigenvalue weighted by Gasteiger charge is -2.38. The first-order valence-corrected chi connectivity index (χ1v) is 7.00. The highest BCUT2D eigenvalue weighted by Crippen LogP contribution is 2.32. The second kappa shape index (κ2) is 5.05. The minimum absolute atomic E-state index is 0.321. The maximum Gasteiger partial charge on any atom is 0.0931 e. The number of nitrogens with two attached hydrogens (primary N) is 1. The standard InChI is InChI=1S/C12H19ClN2S/c1-8-5-10(14)7-15(6-8)9(2)11-3-4-12(13)16-11/h3-4,8-10H,5-7,14H2,1-2H3. The van der Waals surface area contributed by atoms with Gasteiger partial charge < -0.3 is 5.73 Å². The zero-order chi connectivity index (χ0) is 11.7. The number of likely N-dealkylation sites (tertiary alicyclic amines) is 1. The predicted octanol–water partition coefficient (Wildman–Crippen LogP) is 3.13. The van der Waals surface area contributed by atoms with E-state index in [0.717, 1.165) is 23.8 Å². The van der Waals surface area contributed by atoms with Crippen molar-refractivity contribution in [2.24, 2.45) is 11.7 Å². The predicted molar refractivity (Wildman–Crippen MR) is 71.1 cm³/mol. The molecular weight excluding hydrogens is 240 g/mol. The van der Waals surface area contributed by atoms with E-state index < -0.39 is 0 Å². The summed E-state index contributed by atoms with van der Waals surface area (Å²) < 4.78 is 0.871. The molecule has 0 aromatic carbocycles.